The van der Waals surface area contributed by atoms with Crippen molar-refractivity contribution < 1.29 is 83.4 Å². The number of anilines is 1. The van der Waals surface area contributed by atoms with E-state index in [1.807, 2.05) is 65.8 Å². The first kappa shape index (κ1) is 101. The van der Waals surface area contributed by atoms with Crippen LogP contribution in [0.25, 0.3) is 0 Å². The highest BCUT2D eigenvalue weighted by molar-refractivity contribution is 7.97. The molecule has 6 bridgehead atoms. The lowest BCUT2D eigenvalue weighted by Gasteiger charge is -2.53. The number of carboxylic acids is 1. The zero-order valence-corrected chi connectivity index (χ0v) is 79.3. The molecule has 1 aliphatic heterocycles. The van der Waals surface area contributed by atoms with Crippen LogP contribution in [0.5, 0.6) is 5.75 Å². The molecule has 128 heavy (non-hydrogen) atoms. The number of hydrogen-bond acceptors (Lipinski definition) is 17. The van der Waals surface area contributed by atoms with Crippen molar-refractivity contribution in [1.82, 2.24) is 4.90 Å². The minimum absolute atomic E-state index is 0.0146. The lowest BCUT2D eigenvalue weighted by atomic mass is 9.52. The van der Waals surface area contributed by atoms with Gasteiger partial charge in [0, 0.05) is 70.6 Å². The molecule has 9 aromatic carbocycles. The predicted molar refractivity (Wildman–Crippen MR) is 505 cm³/mol. The van der Waals surface area contributed by atoms with Crippen LogP contribution in [0.4, 0.5) is 5.69 Å². The summed E-state index contributed by atoms with van der Waals surface area (Å²) in [6.45, 7) is 29.2. The molecule has 6 aliphatic carbocycles. The molecule has 7 aliphatic rings. The number of carboxylic acid groups (broad SMARTS) is 1. The second-order valence-corrected chi connectivity index (χ2v) is 41.2. The Labute approximate surface area is 765 Å². The summed E-state index contributed by atoms with van der Waals surface area (Å²) in [4.78, 5) is 62.9. The Bertz CT molecular complexity index is 4740. The lowest BCUT2D eigenvalue weighted by Crippen LogP contribution is -2.50. The maximum absolute atomic E-state index is 13.4. The third-order valence-corrected chi connectivity index (χ3v) is 30.8. The van der Waals surface area contributed by atoms with Crippen LogP contribution in [0.1, 0.15) is 185 Å². The highest BCUT2D eigenvalue weighted by atomic mass is 32.2. The normalized spacial score (nSPS) is 20.2. The molecule has 1 heterocycles. The maximum atomic E-state index is 13.4. The van der Waals surface area contributed by atoms with E-state index in [1.165, 1.54) is 73.6 Å². The molecule has 9 aromatic rings. The number of ether oxygens (including phenoxy) is 7. The number of nitrogens with zero attached hydrogens (tertiary/aromatic N) is 2. The second kappa shape index (κ2) is 49.8. The van der Waals surface area contributed by atoms with E-state index in [4.69, 9.17) is 42.8 Å². The smallest absolute Gasteiger partial charge is 0.335 e. The first-order valence-electron chi connectivity index (χ1n) is 45.3. The fraction of sp³-hybridized carbons (Fsp3) is 0.442. The Morgan fingerprint density at radius 2 is 0.906 bits per heavy atom. The van der Waals surface area contributed by atoms with Gasteiger partial charge >= 0.3 is 23.9 Å². The van der Waals surface area contributed by atoms with Gasteiger partial charge in [0.1, 0.15) is 29.6 Å². The van der Waals surface area contributed by atoms with Crippen LogP contribution < -0.4 is 9.64 Å². The van der Waals surface area contributed by atoms with Gasteiger partial charge in [0.2, 0.25) is 0 Å². The molecule has 16 rings (SSSR count). The van der Waals surface area contributed by atoms with Crippen molar-refractivity contribution in [2.24, 2.45) is 46.8 Å². The van der Waals surface area contributed by atoms with Crippen molar-refractivity contribution in [3.63, 3.8) is 0 Å². The number of carbonyl (C=O) groups is 4. The van der Waals surface area contributed by atoms with Crippen LogP contribution in [0.3, 0.4) is 0 Å². The zero-order chi connectivity index (χ0) is 91.9. The largest absolute Gasteiger partial charge is 0.478 e. The van der Waals surface area contributed by atoms with Gasteiger partial charge in [-0.2, -0.15) is 16.8 Å². The average molecular weight is 1830 g/mol. The summed E-state index contributed by atoms with van der Waals surface area (Å²) in [5.41, 5.74) is 2.56. The molecule has 24 heteroatoms. The Hall–Kier alpha value is -9.02. The summed E-state index contributed by atoms with van der Waals surface area (Å²) >= 11 is 0. The average Bonchev–Trinajstić information content (AvgIpc) is 1.52. The first-order valence-corrected chi connectivity index (χ1v) is 50.6. The number of carbonyl (C=O) groups excluding carboxylic acids is 3. The van der Waals surface area contributed by atoms with E-state index in [0.717, 1.165) is 120 Å². The highest BCUT2D eigenvalue weighted by Crippen LogP contribution is 2.64. The van der Waals surface area contributed by atoms with E-state index in [1.54, 1.807) is 19.2 Å². The molecule has 5 unspecified atom stereocenters. The van der Waals surface area contributed by atoms with E-state index < -0.39 is 61.7 Å². The van der Waals surface area contributed by atoms with Gasteiger partial charge in [-0.3, -0.25) is 28.4 Å². The zero-order valence-electron chi connectivity index (χ0n) is 76.1. The molecule has 0 amide bonds. The van der Waals surface area contributed by atoms with Gasteiger partial charge < -0.3 is 43.2 Å². The summed E-state index contributed by atoms with van der Waals surface area (Å²) < 4.78 is 103. The van der Waals surface area contributed by atoms with Gasteiger partial charge in [0.05, 0.1) is 58.0 Å². The standard InChI is InChI=1S/C26H28O9S.2C18H15S.C15H23NO2.C15H24O3S.C12H27NO4/c27-23(20-14-6-12-5-13(8-14)9-15(20)7-12)34-21-16-10-19-22(21)35-25(29)26(19,11-16)24(28)33-17-1-3-18(4-2-17)36(30,31)32;2*1-4-10-16(11-5-1)19(17-12-6-2-7-13-17)18-14-8-3-9-15-18;1-3-5-11-16(12-6-4-2)14-9-7-13(8-10-14)15(17)18;1-9(2)12-7-13(10(3)4)15(19(16,17)18)14(8-12)11(5)6;1-4-15-9-6-13(7-10-16-5-2)8-11-17-12-14-3/h1-4,12-16,19-22H,5-11H2,(H,30,31,32);2*1-15H;7-10H,3-6,11-12H2,1-2H3,(H,17,18);7-11H,1-6H3,(H,16,17,18);4-12H2,1-3H3/q;2*+1;;;. The number of aromatic carboxylic acids is 1. The molecular weight excluding hydrogens is 1690 g/mol. The molecule has 20 nitrogen and oxygen atoms in total. The van der Waals surface area contributed by atoms with Crippen LogP contribution in [-0.4, -0.2) is 152 Å². The fourth-order valence-corrected chi connectivity index (χ4v) is 24.3. The van der Waals surface area contributed by atoms with Crippen molar-refractivity contribution in [3.8, 4) is 5.75 Å². The van der Waals surface area contributed by atoms with Gasteiger partial charge in [-0.15, -0.1) is 0 Å². The molecule has 5 atom stereocenters. The molecule has 688 valence electrons. The third-order valence-electron chi connectivity index (χ3n) is 24.5. The maximum Gasteiger partial charge on any atom is 0.335 e. The summed E-state index contributed by atoms with van der Waals surface area (Å²) in [5, 5.41) is 8.88. The molecule has 1 saturated heterocycles. The van der Waals surface area contributed by atoms with Crippen molar-refractivity contribution in [3.05, 3.63) is 265 Å². The topological polar surface area (TPSA) is 268 Å². The summed E-state index contributed by atoms with van der Waals surface area (Å²) in [6.07, 6.45) is 10.0. The van der Waals surface area contributed by atoms with Gasteiger partial charge in [0.25, 0.3) is 20.2 Å². The fourth-order valence-electron chi connectivity index (χ4n) is 18.4. The highest BCUT2D eigenvalue weighted by Gasteiger charge is 2.76. The molecule has 0 spiro atoms. The SMILES string of the molecule is CC(C)c1cc(C(C)C)c(S(=O)(=O)O)c(C(C)C)c1.CCCCN(CCCC)c1ccc(C(=O)O)cc1.CCOCCN(CCOCC)CCOCOC.O=C(OC1C2CC3C1OC(=O)C3(C(=O)Oc1ccc(S(=O)(=O)O)cc1)C2)C1C2CC3CC(C2)CC1C3.c1ccc([S+](c2ccccc2)c2ccccc2)cc1.c1ccc([S+](c2ccccc2)c2ccccc2)cc1. The predicted octanol–water partition coefficient (Wildman–Crippen LogP) is 21.4. The number of unbranched alkanes of at least 4 members (excludes halogenated alkanes) is 2. The van der Waals surface area contributed by atoms with Crippen LogP contribution in [0.2, 0.25) is 0 Å². The van der Waals surface area contributed by atoms with Crippen molar-refractivity contribution >= 4 is 71.6 Å². The number of esters is 3. The molecular formula is C104H132N2O18S4+2. The number of methoxy groups -OCH3 is 1. The van der Waals surface area contributed by atoms with Crippen LogP contribution >= 0.6 is 0 Å². The Morgan fingerprint density at radius 3 is 1.26 bits per heavy atom. The minimum Gasteiger partial charge on any atom is -0.478 e. The summed E-state index contributed by atoms with van der Waals surface area (Å²) in [5.74, 6) is -0.243. The van der Waals surface area contributed by atoms with E-state index >= 15 is 0 Å². The van der Waals surface area contributed by atoms with E-state index in [9.17, 15) is 40.6 Å². The van der Waals surface area contributed by atoms with Crippen molar-refractivity contribution in [1.29, 1.82) is 0 Å². The monoisotopic (exact) mass is 1820 g/mol. The Kier molecular flexibility index (Phi) is 39.4. The van der Waals surface area contributed by atoms with Gasteiger partial charge in [-0.05, 0) is 251 Å². The minimum atomic E-state index is -4.38. The van der Waals surface area contributed by atoms with E-state index in [2.05, 4.69) is 219 Å². The van der Waals surface area contributed by atoms with Gasteiger partial charge in [0.15, 0.2) is 34.8 Å². The molecule has 7 fully saturated rings. The first-order chi connectivity index (χ1) is 61.6. The van der Waals surface area contributed by atoms with E-state index in [-0.39, 0.29) is 73.4 Å². The number of benzene rings is 9. The van der Waals surface area contributed by atoms with Crippen molar-refractivity contribution in [2.45, 2.75) is 209 Å². The van der Waals surface area contributed by atoms with Gasteiger partial charge in [-0.1, -0.05) is 190 Å². The molecule has 6 saturated carbocycles. The van der Waals surface area contributed by atoms with Gasteiger partial charge in [-0.25, -0.2) is 4.79 Å². The number of rotatable bonds is 36. The third kappa shape index (κ3) is 27.8. The summed E-state index contributed by atoms with van der Waals surface area (Å²) in [6, 6.07) is 80.0. The van der Waals surface area contributed by atoms with Crippen molar-refractivity contribution in [2.75, 3.05) is 84.6 Å². The van der Waals surface area contributed by atoms with Crippen LogP contribution in [-0.2, 0) is 84.8 Å². The number of hydrogen-bond donors (Lipinski definition) is 3. The lowest BCUT2D eigenvalue weighted by molar-refractivity contribution is -0.177. The molecule has 3 N–H and O–H groups in total. The molecule has 0 aromatic heterocycles. The summed E-state index contributed by atoms with van der Waals surface area (Å²) in [7, 11) is -6.97. The quantitative estimate of drug-likeness (QED) is 0.00626. The van der Waals surface area contributed by atoms with E-state index in [0.29, 0.717) is 54.3 Å². The van der Waals surface area contributed by atoms with Crippen LogP contribution in [0, 0.1) is 46.8 Å². The Balaban J connectivity index is 0.000000165. The van der Waals surface area contributed by atoms with Crippen LogP contribution in [0.15, 0.2) is 282 Å². The number of fused-ring (bicyclic) bond motifs is 1. The second-order valence-electron chi connectivity index (χ2n) is 34.4. The Morgan fingerprint density at radius 1 is 0.500 bits per heavy atom. The molecule has 0 radical (unpaired) electrons.